The molecule has 26 heavy (non-hydrogen) atoms. The molecule has 9 nitrogen and oxygen atoms in total. The normalized spacial score (nSPS) is 19.8. The molecule has 2 aromatic heterocycles. The minimum absolute atomic E-state index is 0.0275. The van der Waals surface area contributed by atoms with E-state index >= 15 is 0 Å². The number of nitrogens with one attached hydrogen (secondary N) is 2. The second kappa shape index (κ2) is 7.06. The van der Waals surface area contributed by atoms with Crippen LogP contribution in [-0.4, -0.2) is 62.9 Å². The van der Waals surface area contributed by atoms with E-state index in [1.807, 2.05) is 4.68 Å². The molecule has 2 fully saturated rings. The summed E-state index contributed by atoms with van der Waals surface area (Å²) in [5, 5.41) is 7.91. The Balaban J connectivity index is 1.57. The standard InChI is InChI=1S/C17H24N6O3/c1-11(16(25)22-6-8-26-9-7-22)19-17-20-14-13(15(24)21-17)10-18-23(14)12-4-2-3-5-12/h10-12H,2-9H2,1H3,(H2,19,20,21,24). The lowest BCUT2D eigenvalue weighted by atomic mass is 10.2. The summed E-state index contributed by atoms with van der Waals surface area (Å²) in [5.41, 5.74) is 0.335. The van der Waals surface area contributed by atoms with Gasteiger partial charge in [0.15, 0.2) is 5.65 Å². The summed E-state index contributed by atoms with van der Waals surface area (Å²) in [7, 11) is 0. The van der Waals surface area contributed by atoms with Crippen LogP contribution in [0.5, 0.6) is 0 Å². The van der Waals surface area contributed by atoms with Crippen molar-refractivity contribution in [3.8, 4) is 0 Å². The summed E-state index contributed by atoms with van der Waals surface area (Å²) in [4.78, 5) is 34.0. The fraction of sp³-hybridized carbons (Fsp3) is 0.647. The molecule has 9 heteroatoms. The molecule has 0 aromatic carbocycles. The molecule has 1 saturated heterocycles. The zero-order valence-corrected chi connectivity index (χ0v) is 14.9. The lowest BCUT2D eigenvalue weighted by molar-refractivity contribution is -0.135. The summed E-state index contributed by atoms with van der Waals surface area (Å²) in [6.07, 6.45) is 6.03. The molecule has 1 unspecified atom stereocenters. The van der Waals surface area contributed by atoms with Gasteiger partial charge in [-0.3, -0.25) is 14.6 Å². The van der Waals surface area contributed by atoms with Crippen molar-refractivity contribution < 1.29 is 9.53 Å². The van der Waals surface area contributed by atoms with E-state index < -0.39 is 6.04 Å². The average molecular weight is 360 g/mol. The number of hydrogen-bond acceptors (Lipinski definition) is 6. The van der Waals surface area contributed by atoms with Crippen molar-refractivity contribution in [2.24, 2.45) is 0 Å². The Hall–Kier alpha value is -2.42. The molecule has 1 amide bonds. The van der Waals surface area contributed by atoms with Crippen LogP contribution in [0.3, 0.4) is 0 Å². The first-order valence-corrected chi connectivity index (χ1v) is 9.24. The number of fused-ring (bicyclic) bond motifs is 1. The highest BCUT2D eigenvalue weighted by Crippen LogP contribution is 2.30. The predicted molar refractivity (Wildman–Crippen MR) is 96.1 cm³/mol. The van der Waals surface area contributed by atoms with E-state index in [2.05, 4.69) is 20.4 Å². The predicted octanol–water partition coefficient (Wildman–Crippen LogP) is 0.894. The lowest BCUT2D eigenvalue weighted by Crippen LogP contribution is -2.47. The van der Waals surface area contributed by atoms with Crippen LogP contribution in [-0.2, 0) is 9.53 Å². The molecular weight excluding hydrogens is 336 g/mol. The van der Waals surface area contributed by atoms with Crippen molar-refractivity contribution in [1.29, 1.82) is 0 Å². The van der Waals surface area contributed by atoms with Crippen LogP contribution in [0.15, 0.2) is 11.0 Å². The quantitative estimate of drug-likeness (QED) is 0.839. The van der Waals surface area contributed by atoms with Gasteiger partial charge in [0.05, 0.1) is 25.5 Å². The highest BCUT2D eigenvalue weighted by atomic mass is 16.5. The van der Waals surface area contributed by atoms with E-state index in [9.17, 15) is 9.59 Å². The van der Waals surface area contributed by atoms with Gasteiger partial charge in [-0.25, -0.2) is 4.68 Å². The number of H-pyrrole nitrogens is 1. The second-order valence-corrected chi connectivity index (χ2v) is 6.98. The molecule has 140 valence electrons. The van der Waals surface area contributed by atoms with Crippen LogP contribution in [0.2, 0.25) is 0 Å². The van der Waals surface area contributed by atoms with Crippen molar-refractivity contribution in [2.75, 3.05) is 31.6 Å². The fourth-order valence-corrected chi connectivity index (χ4v) is 3.74. The molecule has 1 aliphatic heterocycles. The Morgan fingerprint density at radius 3 is 2.81 bits per heavy atom. The van der Waals surface area contributed by atoms with Crippen molar-refractivity contribution in [3.63, 3.8) is 0 Å². The number of carbonyl (C=O) groups is 1. The Morgan fingerprint density at radius 1 is 1.35 bits per heavy atom. The number of amides is 1. The lowest BCUT2D eigenvalue weighted by Gasteiger charge is -2.29. The highest BCUT2D eigenvalue weighted by Gasteiger charge is 2.24. The number of carbonyl (C=O) groups excluding carboxylic acids is 1. The van der Waals surface area contributed by atoms with E-state index in [1.54, 1.807) is 18.0 Å². The summed E-state index contributed by atoms with van der Waals surface area (Å²) < 4.78 is 7.14. The number of nitrogens with zero attached hydrogens (tertiary/aromatic N) is 4. The van der Waals surface area contributed by atoms with Crippen molar-refractivity contribution >= 4 is 22.9 Å². The molecule has 2 aliphatic rings. The smallest absolute Gasteiger partial charge is 0.263 e. The maximum absolute atomic E-state index is 12.5. The number of aromatic nitrogens is 4. The van der Waals surface area contributed by atoms with Gasteiger partial charge in [-0.15, -0.1) is 0 Å². The van der Waals surface area contributed by atoms with Crippen LogP contribution in [0.1, 0.15) is 38.6 Å². The van der Waals surface area contributed by atoms with Gasteiger partial charge in [-0.1, -0.05) is 12.8 Å². The van der Waals surface area contributed by atoms with Gasteiger partial charge in [0.1, 0.15) is 11.4 Å². The monoisotopic (exact) mass is 360 g/mol. The average Bonchev–Trinajstić information content (AvgIpc) is 3.31. The van der Waals surface area contributed by atoms with Gasteiger partial charge in [-0.05, 0) is 19.8 Å². The number of rotatable bonds is 4. The van der Waals surface area contributed by atoms with Crippen LogP contribution in [0.4, 0.5) is 5.95 Å². The van der Waals surface area contributed by atoms with Gasteiger partial charge >= 0.3 is 0 Å². The highest BCUT2D eigenvalue weighted by molar-refractivity contribution is 5.84. The van der Waals surface area contributed by atoms with Crippen molar-refractivity contribution in [1.82, 2.24) is 24.6 Å². The van der Waals surface area contributed by atoms with Crippen LogP contribution < -0.4 is 10.9 Å². The Kier molecular flexibility index (Phi) is 4.62. The number of morpholine rings is 1. The molecule has 3 heterocycles. The van der Waals surface area contributed by atoms with Crippen LogP contribution in [0, 0.1) is 0 Å². The molecule has 0 bridgehead atoms. The Labute approximate surface area is 150 Å². The van der Waals surface area contributed by atoms with Crippen molar-refractivity contribution in [2.45, 2.75) is 44.7 Å². The first-order valence-electron chi connectivity index (χ1n) is 9.24. The topological polar surface area (TPSA) is 105 Å². The van der Waals surface area contributed by atoms with Gasteiger partial charge in [0.2, 0.25) is 11.9 Å². The third kappa shape index (κ3) is 3.18. The van der Waals surface area contributed by atoms with E-state index in [-0.39, 0.29) is 11.5 Å². The van der Waals surface area contributed by atoms with Crippen LogP contribution in [0.25, 0.3) is 11.0 Å². The Morgan fingerprint density at radius 2 is 2.08 bits per heavy atom. The molecule has 0 spiro atoms. The summed E-state index contributed by atoms with van der Waals surface area (Å²) in [5.74, 6) is 0.275. The summed E-state index contributed by atoms with van der Waals surface area (Å²) in [6.45, 7) is 4.06. The third-order valence-electron chi connectivity index (χ3n) is 5.18. The summed E-state index contributed by atoms with van der Waals surface area (Å²) >= 11 is 0. The number of ether oxygens (including phenoxy) is 1. The third-order valence-corrected chi connectivity index (χ3v) is 5.18. The van der Waals surface area contributed by atoms with E-state index in [0.717, 1.165) is 12.8 Å². The first-order chi connectivity index (χ1) is 12.6. The molecule has 1 aliphatic carbocycles. The maximum atomic E-state index is 12.5. The van der Waals surface area contributed by atoms with E-state index in [1.165, 1.54) is 12.8 Å². The van der Waals surface area contributed by atoms with Crippen LogP contribution >= 0.6 is 0 Å². The molecular formula is C17H24N6O3. The number of anilines is 1. The van der Waals surface area contributed by atoms with E-state index in [0.29, 0.717) is 49.3 Å². The van der Waals surface area contributed by atoms with Gasteiger partial charge in [-0.2, -0.15) is 10.1 Å². The number of aromatic amines is 1. The molecule has 2 aromatic rings. The zero-order valence-electron chi connectivity index (χ0n) is 14.9. The second-order valence-electron chi connectivity index (χ2n) is 6.98. The molecule has 1 saturated carbocycles. The SMILES string of the molecule is CC(Nc1nc2c(cnn2C2CCCC2)c(=O)[nH]1)C(=O)N1CCOCC1. The molecule has 4 rings (SSSR count). The fourth-order valence-electron chi connectivity index (χ4n) is 3.74. The minimum Gasteiger partial charge on any atom is -0.378 e. The minimum atomic E-state index is -0.489. The zero-order chi connectivity index (χ0) is 18.1. The maximum Gasteiger partial charge on any atom is 0.263 e. The molecule has 1 atom stereocenters. The molecule has 2 N–H and O–H groups in total. The molecule has 0 radical (unpaired) electrons. The Bertz CT molecular complexity index is 848. The van der Waals surface area contributed by atoms with Crippen molar-refractivity contribution in [3.05, 3.63) is 16.6 Å². The summed E-state index contributed by atoms with van der Waals surface area (Å²) in [6, 6.07) is -0.196. The largest absolute Gasteiger partial charge is 0.378 e. The van der Waals surface area contributed by atoms with Gasteiger partial charge in [0, 0.05) is 13.1 Å². The number of hydrogen-bond donors (Lipinski definition) is 2. The first kappa shape index (κ1) is 17.0. The van der Waals surface area contributed by atoms with E-state index in [4.69, 9.17) is 4.74 Å². The van der Waals surface area contributed by atoms with Gasteiger partial charge in [0.25, 0.3) is 5.56 Å². The van der Waals surface area contributed by atoms with Gasteiger partial charge < -0.3 is 15.0 Å².